The summed E-state index contributed by atoms with van der Waals surface area (Å²) in [4.78, 5) is 11.2. The first-order valence-electron chi connectivity index (χ1n) is 8.86. The van der Waals surface area contributed by atoms with Gasteiger partial charge in [0.05, 0.1) is 25.1 Å². The number of aromatic nitrogens is 2. The minimum atomic E-state index is -0.636. The summed E-state index contributed by atoms with van der Waals surface area (Å²) in [6, 6.07) is 17.5. The zero-order chi connectivity index (χ0) is 19.9. The molecule has 1 heterocycles. The number of nitrogens with zero attached hydrogens (tertiary/aromatic N) is 3. The molecule has 7 nitrogen and oxygen atoms in total. The molecule has 0 aliphatic heterocycles. The molecule has 1 aromatic heterocycles. The van der Waals surface area contributed by atoms with Crippen LogP contribution in [0.2, 0.25) is 0 Å². The smallest absolute Gasteiger partial charge is 0.427 e. The summed E-state index contributed by atoms with van der Waals surface area (Å²) in [7, 11) is 1.28. The molecule has 0 aliphatic rings. The van der Waals surface area contributed by atoms with Gasteiger partial charge in [0.2, 0.25) is 0 Å². The molecule has 2 aromatic carbocycles. The van der Waals surface area contributed by atoms with Gasteiger partial charge in [-0.15, -0.1) is 0 Å². The Bertz CT molecular complexity index is 948. The maximum absolute atomic E-state index is 11.2. The molecule has 0 aliphatic carbocycles. The Hall–Kier alpha value is -3.61. The van der Waals surface area contributed by atoms with Crippen molar-refractivity contribution >= 4 is 12.3 Å². The van der Waals surface area contributed by atoms with E-state index in [9.17, 15) is 4.79 Å². The van der Waals surface area contributed by atoms with Gasteiger partial charge >= 0.3 is 6.09 Å². The molecule has 0 radical (unpaired) electrons. The minimum absolute atomic E-state index is 0.107. The molecule has 0 unspecified atom stereocenters. The van der Waals surface area contributed by atoms with Crippen molar-refractivity contribution in [1.82, 2.24) is 15.2 Å². The van der Waals surface area contributed by atoms with Crippen LogP contribution >= 0.6 is 0 Å². The van der Waals surface area contributed by atoms with Gasteiger partial charge < -0.3 is 9.47 Å². The van der Waals surface area contributed by atoms with Crippen LogP contribution in [0.5, 0.6) is 5.75 Å². The number of carbonyl (C=O) groups excluding carboxylic acids is 1. The van der Waals surface area contributed by atoms with E-state index in [0.717, 1.165) is 28.3 Å². The lowest BCUT2D eigenvalue weighted by atomic mass is 10.1. The Morgan fingerprint density at radius 3 is 2.50 bits per heavy atom. The van der Waals surface area contributed by atoms with Crippen molar-refractivity contribution < 1.29 is 14.3 Å². The monoisotopic (exact) mass is 378 g/mol. The molecule has 28 heavy (non-hydrogen) atoms. The molecule has 0 saturated heterocycles. The number of hydrazone groups is 1. The highest BCUT2D eigenvalue weighted by molar-refractivity contribution is 5.89. The lowest BCUT2D eigenvalue weighted by Gasteiger charge is -2.09. The normalized spacial score (nSPS) is 11.0. The van der Waals surface area contributed by atoms with Crippen LogP contribution in [0, 0.1) is 0 Å². The number of para-hydroxylation sites is 1. The van der Waals surface area contributed by atoms with Gasteiger partial charge in [0.15, 0.2) is 0 Å². The third kappa shape index (κ3) is 4.76. The molecule has 0 bridgehead atoms. The largest absolute Gasteiger partial charge is 0.491 e. The van der Waals surface area contributed by atoms with E-state index < -0.39 is 6.09 Å². The Morgan fingerprint density at radius 2 is 1.86 bits per heavy atom. The highest BCUT2D eigenvalue weighted by atomic mass is 16.5. The third-order valence-corrected chi connectivity index (χ3v) is 3.81. The quantitative estimate of drug-likeness (QED) is 0.519. The van der Waals surface area contributed by atoms with Crippen molar-refractivity contribution in [3.8, 4) is 22.7 Å². The van der Waals surface area contributed by atoms with E-state index in [1.807, 2.05) is 74.6 Å². The second-order valence-electron chi connectivity index (χ2n) is 6.27. The fraction of sp³-hybridized carbons (Fsp3) is 0.190. The van der Waals surface area contributed by atoms with Crippen LogP contribution in [0.1, 0.15) is 19.4 Å². The summed E-state index contributed by atoms with van der Waals surface area (Å²) < 4.78 is 12.0. The second kappa shape index (κ2) is 8.85. The highest BCUT2D eigenvalue weighted by Crippen LogP contribution is 2.25. The summed E-state index contributed by atoms with van der Waals surface area (Å²) in [6.07, 6.45) is 2.86. The van der Waals surface area contributed by atoms with Crippen molar-refractivity contribution in [1.29, 1.82) is 0 Å². The lowest BCUT2D eigenvalue weighted by molar-refractivity contribution is 0.171. The Balaban J connectivity index is 1.95. The van der Waals surface area contributed by atoms with Crippen molar-refractivity contribution in [2.45, 2.75) is 20.0 Å². The number of benzene rings is 2. The summed E-state index contributed by atoms with van der Waals surface area (Å²) in [5.41, 5.74) is 5.60. The van der Waals surface area contributed by atoms with Gasteiger partial charge in [-0.25, -0.2) is 14.9 Å². The number of methoxy groups -OCH3 is 1. The predicted molar refractivity (Wildman–Crippen MR) is 108 cm³/mol. The molecular weight excluding hydrogens is 356 g/mol. The first-order valence-corrected chi connectivity index (χ1v) is 8.86. The van der Waals surface area contributed by atoms with E-state index in [2.05, 4.69) is 15.3 Å². The first kappa shape index (κ1) is 19.2. The van der Waals surface area contributed by atoms with Crippen molar-refractivity contribution in [3.63, 3.8) is 0 Å². The maximum atomic E-state index is 11.2. The standard InChI is InChI=1S/C21H22N4O3/c1-15(2)28-19-11-9-16(10-12-19)20-17(13-22-23-21(26)27-3)14-25(24-20)18-7-5-4-6-8-18/h4-15H,1-3H3,(H,23,26)/b22-13-. The van der Waals surface area contributed by atoms with E-state index in [1.165, 1.54) is 13.3 Å². The number of rotatable bonds is 6. The number of hydrogen-bond acceptors (Lipinski definition) is 5. The molecule has 1 N–H and O–H groups in total. The lowest BCUT2D eigenvalue weighted by Crippen LogP contribution is -2.16. The molecule has 3 aromatic rings. The van der Waals surface area contributed by atoms with E-state index in [1.54, 1.807) is 4.68 Å². The molecule has 0 spiro atoms. The topological polar surface area (TPSA) is 77.7 Å². The van der Waals surface area contributed by atoms with Gasteiger partial charge in [0, 0.05) is 17.3 Å². The average Bonchev–Trinajstić information content (AvgIpc) is 3.13. The van der Waals surface area contributed by atoms with E-state index in [4.69, 9.17) is 9.84 Å². The van der Waals surface area contributed by atoms with Gasteiger partial charge in [-0.05, 0) is 50.2 Å². The van der Waals surface area contributed by atoms with Crippen LogP contribution in [0.3, 0.4) is 0 Å². The van der Waals surface area contributed by atoms with Gasteiger partial charge in [-0.1, -0.05) is 18.2 Å². The van der Waals surface area contributed by atoms with Crippen LogP contribution in [-0.4, -0.2) is 35.3 Å². The molecule has 3 rings (SSSR count). The number of nitrogens with one attached hydrogen (secondary N) is 1. The maximum Gasteiger partial charge on any atom is 0.427 e. The summed E-state index contributed by atoms with van der Waals surface area (Å²) in [6.45, 7) is 3.97. The molecule has 0 atom stereocenters. The van der Waals surface area contributed by atoms with Gasteiger partial charge in [-0.3, -0.25) is 0 Å². The highest BCUT2D eigenvalue weighted by Gasteiger charge is 2.12. The number of hydrogen-bond donors (Lipinski definition) is 1. The van der Waals surface area contributed by atoms with Gasteiger partial charge in [-0.2, -0.15) is 10.2 Å². The zero-order valence-electron chi connectivity index (χ0n) is 16.0. The average molecular weight is 378 g/mol. The van der Waals surface area contributed by atoms with Gasteiger partial charge in [0.25, 0.3) is 0 Å². The first-order chi connectivity index (χ1) is 13.6. The van der Waals surface area contributed by atoms with Crippen LogP contribution < -0.4 is 10.2 Å². The zero-order valence-corrected chi connectivity index (χ0v) is 16.0. The molecule has 1 amide bonds. The Morgan fingerprint density at radius 1 is 1.14 bits per heavy atom. The van der Waals surface area contributed by atoms with E-state index >= 15 is 0 Å². The molecular formula is C21H22N4O3. The number of ether oxygens (including phenoxy) is 2. The number of amides is 1. The van der Waals surface area contributed by atoms with Crippen LogP contribution in [0.25, 0.3) is 16.9 Å². The van der Waals surface area contributed by atoms with Crippen molar-refractivity contribution in [2.75, 3.05) is 7.11 Å². The third-order valence-electron chi connectivity index (χ3n) is 3.81. The van der Waals surface area contributed by atoms with Gasteiger partial charge in [0.1, 0.15) is 11.4 Å². The molecule has 0 saturated carbocycles. The SMILES string of the molecule is COC(=O)N/N=C\c1cn(-c2ccccc2)nc1-c1ccc(OC(C)C)cc1. The molecule has 144 valence electrons. The summed E-state index contributed by atoms with van der Waals surface area (Å²) >= 11 is 0. The molecule has 7 heteroatoms. The van der Waals surface area contributed by atoms with Crippen LogP contribution in [0.4, 0.5) is 4.79 Å². The summed E-state index contributed by atoms with van der Waals surface area (Å²) in [5, 5.41) is 8.63. The fourth-order valence-corrected chi connectivity index (χ4v) is 2.58. The predicted octanol–water partition coefficient (Wildman–Crippen LogP) is 4.02. The Labute approximate surface area is 163 Å². The number of carbonyl (C=O) groups is 1. The van der Waals surface area contributed by atoms with Crippen LogP contribution in [0.15, 0.2) is 65.9 Å². The van der Waals surface area contributed by atoms with Crippen molar-refractivity contribution in [2.24, 2.45) is 5.10 Å². The van der Waals surface area contributed by atoms with Crippen molar-refractivity contribution in [3.05, 3.63) is 66.4 Å². The summed E-state index contributed by atoms with van der Waals surface area (Å²) in [5.74, 6) is 0.795. The molecule has 0 fully saturated rings. The Kier molecular flexibility index (Phi) is 6.06. The van der Waals surface area contributed by atoms with E-state index in [-0.39, 0.29) is 6.10 Å². The minimum Gasteiger partial charge on any atom is -0.491 e. The fourth-order valence-electron chi connectivity index (χ4n) is 2.58. The second-order valence-corrected chi connectivity index (χ2v) is 6.27. The van der Waals surface area contributed by atoms with E-state index in [0.29, 0.717) is 0 Å². The van der Waals surface area contributed by atoms with Crippen LogP contribution in [-0.2, 0) is 4.74 Å².